The van der Waals surface area contributed by atoms with E-state index in [1.807, 2.05) is 0 Å². The molecule has 0 saturated heterocycles. The quantitative estimate of drug-likeness (QED) is 0.549. The number of rotatable bonds is 8. The molecule has 0 aliphatic rings. The van der Waals surface area contributed by atoms with Gasteiger partial charge < -0.3 is 10.2 Å². The number of aryl methyl sites for hydroxylation is 1. The molecule has 0 atom stereocenters. The normalized spacial score (nSPS) is 9.95. The maximum Gasteiger partial charge on any atom is 1.00 e. The van der Waals surface area contributed by atoms with E-state index in [1.54, 1.807) is 6.07 Å². The second kappa shape index (κ2) is 10.3. The van der Waals surface area contributed by atoms with Crippen LogP contribution >= 0.6 is 0 Å². The van der Waals surface area contributed by atoms with Crippen molar-refractivity contribution in [2.75, 3.05) is 0 Å². The van der Waals surface area contributed by atoms with Crippen LogP contribution in [0.15, 0.2) is 18.2 Å². The zero-order chi connectivity index (χ0) is 13.4. The minimum atomic E-state index is -1.01. The fraction of sp³-hybridized carbons (Fsp3) is 0.533. The van der Waals surface area contributed by atoms with E-state index in [4.69, 9.17) is 5.11 Å². The van der Waals surface area contributed by atoms with Crippen LogP contribution in [0.1, 0.15) is 61.4 Å². The van der Waals surface area contributed by atoms with Crippen molar-refractivity contribution in [3.63, 3.8) is 0 Å². The molecule has 0 aliphatic heterocycles. The molecular formula is C15H21NaO3. The largest absolute Gasteiger partial charge is 1.00 e. The van der Waals surface area contributed by atoms with E-state index in [0.29, 0.717) is 0 Å². The third-order valence-electron chi connectivity index (χ3n) is 3.11. The fourth-order valence-electron chi connectivity index (χ4n) is 2.07. The van der Waals surface area contributed by atoms with Crippen LogP contribution in [-0.4, -0.2) is 11.1 Å². The van der Waals surface area contributed by atoms with Gasteiger partial charge in [0.15, 0.2) is 0 Å². The van der Waals surface area contributed by atoms with Crippen LogP contribution in [-0.2, 0) is 6.42 Å². The first kappa shape index (κ1) is 18.5. The van der Waals surface area contributed by atoms with Gasteiger partial charge in [0, 0.05) is 0 Å². The Bertz CT molecular complexity index is 391. The molecule has 1 aromatic rings. The molecule has 0 heterocycles. The van der Waals surface area contributed by atoms with Crippen LogP contribution < -0.4 is 34.7 Å². The van der Waals surface area contributed by atoms with Gasteiger partial charge in [-0.05, 0) is 18.4 Å². The van der Waals surface area contributed by atoms with Gasteiger partial charge in [-0.25, -0.2) is 4.79 Å². The van der Waals surface area contributed by atoms with Gasteiger partial charge >= 0.3 is 35.5 Å². The molecule has 4 heteroatoms. The van der Waals surface area contributed by atoms with Gasteiger partial charge in [0.25, 0.3) is 0 Å². The minimum absolute atomic E-state index is 0. The molecule has 1 N–H and O–H groups in total. The summed E-state index contributed by atoms with van der Waals surface area (Å²) in [6.45, 7) is 2.18. The van der Waals surface area contributed by atoms with Gasteiger partial charge in [-0.1, -0.05) is 57.2 Å². The van der Waals surface area contributed by atoms with Gasteiger partial charge in [-0.3, -0.25) is 0 Å². The first-order valence-corrected chi connectivity index (χ1v) is 6.68. The standard InChI is InChI=1S/C15H22O3.Na/c1-2-3-4-5-6-7-8-12-9-10-13(16)11-14(12)15(17)18;/h9-11,16H,2-8H2,1H3,(H,17,18);/q;+1/p-1. The second-order valence-electron chi connectivity index (χ2n) is 4.64. The predicted molar refractivity (Wildman–Crippen MR) is 69.9 cm³/mol. The van der Waals surface area contributed by atoms with Crippen LogP contribution in [0.3, 0.4) is 0 Å². The van der Waals surface area contributed by atoms with E-state index >= 15 is 0 Å². The van der Waals surface area contributed by atoms with Gasteiger partial charge in [-0.15, -0.1) is 5.75 Å². The number of carbonyl (C=O) groups is 1. The van der Waals surface area contributed by atoms with Gasteiger partial charge in [0.1, 0.15) is 0 Å². The Hall–Kier alpha value is -0.510. The number of hydrogen-bond donors (Lipinski definition) is 1. The predicted octanol–water partition coefficient (Wildman–Crippen LogP) is 0.365. The molecule has 1 aromatic carbocycles. The van der Waals surface area contributed by atoms with Gasteiger partial charge in [0.05, 0.1) is 5.56 Å². The Kier molecular flexibility index (Phi) is 10.0. The number of hydrogen-bond acceptors (Lipinski definition) is 2. The van der Waals surface area contributed by atoms with Crippen molar-refractivity contribution in [1.29, 1.82) is 0 Å². The zero-order valence-electron chi connectivity index (χ0n) is 11.9. The van der Waals surface area contributed by atoms with E-state index < -0.39 is 5.97 Å². The molecule has 100 valence electrons. The van der Waals surface area contributed by atoms with Crippen molar-refractivity contribution in [3.8, 4) is 5.75 Å². The molecule has 1 rings (SSSR count). The molecule has 0 fully saturated rings. The first-order valence-electron chi connectivity index (χ1n) is 6.68. The molecule has 0 spiro atoms. The number of carboxylic acid groups (broad SMARTS) is 1. The summed E-state index contributed by atoms with van der Waals surface area (Å²) in [4.78, 5) is 11.0. The molecule has 0 aliphatic carbocycles. The third-order valence-corrected chi connectivity index (χ3v) is 3.11. The number of carboxylic acids is 1. The Morgan fingerprint density at radius 3 is 2.42 bits per heavy atom. The van der Waals surface area contributed by atoms with Crippen molar-refractivity contribution >= 4 is 5.97 Å². The van der Waals surface area contributed by atoms with Crippen molar-refractivity contribution in [3.05, 3.63) is 29.3 Å². The average molecular weight is 272 g/mol. The summed E-state index contributed by atoms with van der Waals surface area (Å²) in [5.41, 5.74) is 0.939. The van der Waals surface area contributed by atoms with Gasteiger partial charge in [-0.2, -0.15) is 0 Å². The molecule has 0 amide bonds. The fourth-order valence-corrected chi connectivity index (χ4v) is 2.07. The van der Waals surface area contributed by atoms with Crippen molar-refractivity contribution in [1.82, 2.24) is 0 Å². The summed E-state index contributed by atoms with van der Waals surface area (Å²) >= 11 is 0. The molecule has 0 bridgehead atoms. The van der Waals surface area contributed by atoms with E-state index in [0.717, 1.165) is 24.8 Å². The van der Waals surface area contributed by atoms with Gasteiger partial charge in [0.2, 0.25) is 0 Å². The summed E-state index contributed by atoms with van der Waals surface area (Å²) in [6, 6.07) is 4.31. The molecule has 0 aromatic heterocycles. The van der Waals surface area contributed by atoms with Crippen LogP contribution in [0.25, 0.3) is 0 Å². The van der Waals surface area contributed by atoms with Crippen molar-refractivity contribution in [2.45, 2.75) is 51.9 Å². The summed E-state index contributed by atoms with van der Waals surface area (Å²) in [5, 5.41) is 20.2. The topological polar surface area (TPSA) is 60.4 Å². The van der Waals surface area contributed by atoms with Crippen molar-refractivity contribution < 1.29 is 44.6 Å². The Balaban J connectivity index is 0.00000324. The SMILES string of the molecule is CCCCCCCCc1ccc([O-])cc1C(=O)O.[Na+]. The maximum absolute atomic E-state index is 11.1. The Morgan fingerprint density at radius 2 is 1.79 bits per heavy atom. The second-order valence-corrected chi connectivity index (χ2v) is 4.64. The Labute approximate surface area is 137 Å². The maximum atomic E-state index is 11.1. The number of aromatic carboxylic acids is 1. The summed E-state index contributed by atoms with van der Waals surface area (Å²) in [5.74, 6) is -1.24. The van der Waals surface area contributed by atoms with E-state index in [9.17, 15) is 9.90 Å². The summed E-state index contributed by atoms with van der Waals surface area (Å²) in [7, 11) is 0. The summed E-state index contributed by atoms with van der Waals surface area (Å²) in [6.07, 6.45) is 7.81. The molecule has 19 heavy (non-hydrogen) atoms. The molecule has 0 saturated carbocycles. The molecule has 0 unspecified atom stereocenters. The average Bonchev–Trinajstić information content (AvgIpc) is 2.35. The first-order chi connectivity index (χ1) is 8.65. The summed E-state index contributed by atoms with van der Waals surface area (Å²) < 4.78 is 0. The van der Waals surface area contributed by atoms with E-state index in [-0.39, 0.29) is 40.9 Å². The van der Waals surface area contributed by atoms with E-state index in [2.05, 4.69) is 6.92 Å². The molecule has 3 nitrogen and oxygen atoms in total. The van der Waals surface area contributed by atoms with Crippen LogP contribution in [0, 0.1) is 0 Å². The van der Waals surface area contributed by atoms with Crippen molar-refractivity contribution in [2.24, 2.45) is 0 Å². The van der Waals surface area contributed by atoms with E-state index in [1.165, 1.54) is 37.8 Å². The smallest absolute Gasteiger partial charge is 0.872 e. The van der Waals surface area contributed by atoms with Crippen LogP contribution in [0.5, 0.6) is 5.75 Å². The Morgan fingerprint density at radius 1 is 1.16 bits per heavy atom. The zero-order valence-corrected chi connectivity index (χ0v) is 13.9. The van der Waals surface area contributed by atoms with Crippen LogP contribution in [0.2, 0.25) is 0 Å². The molecular weight excluding hydrogens is 251 g/mol. The monoisotopic (exact) mass is 272 g/mol. The molecule has 0 radical (unpaired) electrons. The number of unbranched alkanes of at least 4 members (excludes halogenated alkanes) is 5. The number of benzene rings is 1. The van der Waals surface area contributed by atoms with Crippen LogP contribution in [0.4, 0.5) is 0 Å². The minimum Gasteiger partial charge on any atom is -0.872 e. The third kappa shape index (κ3) is 7.00.